The van der Waals surface area contributed by atoms with Crippen LogP contribution in [0.5, 0.6) is 5.75 Å². The molecule has 14 nitrogen and oxygen atoms in total. The molecule has 0 fully saturated rings. The van der Waals surface area contributed by atoms with E-state index in [1.165, 1.54) is 48.8 Å². The van der Waals surface area contributed by atoms with Crippen LogP contribution in [0.25, 0.3) is 11.2 Å². The molecule has 0 unspecified atom stereocenters. The third kappa shape index (κ3) is 4.19. The zero-order chi connectivity index (χ0) is 23.6. The molecule has 0 atom stereocenters. The summed E-state index contributed by atoms with van der Waals surface area (Å²) in [5, 5.41) is 13.3. The Bertz CT molecular complexity index is 1350. The lowest BCUT2D eigenvalue weighted by Crippen LogP contribution is -2.37. The van der Waals surface area contributed by atoms with Crippen LogP contribution in [0.3, 0.4) is 0 Å². The first-order valence-corrected chi connectivity index (χ1v) is 9.02. The van der Waals surface area contributed by atoms with Crippen LogP contribution in [0.1, 0.15) is 0 Å². The maximum Gasteiger partial charge on any atom is 0.332 e. The lowest BCUT2D eigenvalue weighted by Gasteiger charge is -2.10. The van der Waals surface area contributed by atoms with Crippen LogP contribution in [0.4, 0.5) is 11.4 Å². The number of imidazole rings is 1. The number of non-ortho nitro benzene ring substituents is 1. The summed E-state index contributed by atoms with van der Waals surface area (Å²) in [5.74, 6) is -1.42. The van der Waals surface area contributed by atoms with Gasteiger partial charge in [0.1, 0.15) is 12.3 Å². The number of fused-ring (bicyclic) bond motifs is 1. The third-order valence-corrected chi connectivity index (χ3v) is 4.55. The molecule has 0 saturated heterocycles. The molecule has 0 spiro atoms. The number of methoxy groups -OCH3 is 1. The molecule has 0 aliphatic rings. The monoisotopic (exact) mass is 446 g/mol. The Kier molecular flexibility index (Phi) is 6.04. The molecule has 1 aromatic carbocycles. The number of carbonyl (C=O) groups is 2. The smallest absolute Gasteiger partial charge is 0.332 e. The summed E-state index contributed by atoms with van der Waals surface area (Å²) in [6.45, 7) is -1.12. The van der Waals surface area contributed by atoms with Crippen molar-refractivity contribution in [3.63, 3.8) is 0 Å². The minimum atomic E-state index is -0.846. The van der Waals surface area contributed by atoms with E-state index in [1.54, 1.807) is 0 Å². The van der Waals surface area contributed by atoms with Gasteiger partial charge in [0.15, 0.2) is 17.8 Å². The highest BCUT2D eigenvalue weighted by atomic mass is 16.6. The average molecular weight is 446 g/mol. The number of amides is 1. The van der Waals surface area contributed by atoms with Gasteiger partial charge in [-0.05, 0) is 6.07 Å². The first-order chi connectivity index (χ1) is 15.1. The molecular formula is C18H18N6O8. The van der Waals surface area contributed by atoms with E-state index in [9.17, 15) is 29.3 Å². The Morgan fingerprint density at radius 2 is 1.94 bits per heavy atom. The SMILES string of the molecule is COc1ccc([N+](=O)[O-])cc1NC(=O)COC(=O)Cn1cnc2c1c(=O)n(C)c(=O)n2C. The molecule has 32 heavy (non-hydrogen) atoms. The summed E-state index contributed by atoms with van der Waals surface area (Å²) in [7, 11) is 4.06. The zero-order valence-electron chi connectivity index (χ0n) is 17.2. The number of esters is 1. The molecule has 0 saturated carbocycles. The predicted octanol–water partition coefficient (Wildman–Crippen LogP) is -0.468. The molecule has 1 amide bonds. The third-order valence-electron chi connectivity index (χ3n) is 4.55. The Morgan fingerprint density at radius 3 is 2.59 bits per heavy atom. The predicted molar refractivity (Wildman–Crippen MR) is 109 cm³/mol. The van der Waals surface area contributed by atoms with Gasteiger partial charge < -0.3 is 19.4 Å². The van der Waals surface area contributed by atoms with Crippen LogP contribution < -0.4 is 21.3 Å². The fourth-order valence-electron chi connectivity index (χ4n) is 2.94. The average Bonchev–Trinajstić information content (AvgIpc) is 3.18. The number of hydrogen-bond acceptors (Lipinski definition) is 9. The number of carbonyl (C=O) groups excluding carboxylic acids is 2. The normalized spacial score (nSPS) is 10.7. The number of aromatic nitrogens is 4. The molecule has 1 N–H and O–H groups in total. The molecule has 0 radical (unpaired) electrons. The van der Waals surface area contributed by atoms with Crippen molar-refractivity contribution in [2.45, 2.75) is 6.54 Å². The van der Waals surface area contributed by atoms with Crippen LogP contribution in [-0.2, 0) is 35.0 Å². The highest BCUT2D eigenvalue weighted by Crippen LogP contribution is 2.28. The number of aryl methyl sites for hydroxylation is 1. The van der Waals surface area contributed by atoms with E-state index in [0.717, 1.165) is 10.6 Å². The number of nitrogens with one attached hydrogen (secondary N) is 1. The van der Waals surface area contributed by atoms with Gasteiger partial charge in [0.05, 0.1) is 24.0 Å². The van der Waals surface area contributed by atoms with Gasteiger partial charge in [-0.1, -0.05) is 0 Å². The Hall–Kier alpha value is -4.49. The van der Waals surface area contributed by atoms with E-state index < -0.39 is 41.2 Å². The number of nitro benzene ring substituents is 1. The topological polar surface area (TPSA) is 170 Å². The Morgan fingerprint density at radius 1 is 1.22 bits per heavy atom. The number of hydrogen-bond donors (Lipinski definition) is 1. The second-order valence-electron chi connectivity index (χ2n) is 6.60. The molecule has 2 aromatic heterocycles. The van der Waals surface area contributed by atoms with Crippen LogP contribution in [0.2, 0.25) is 0 Å². The number of benzene rings is 1. The van der Waals surface area contributed by atoms with Gasteiger partial charge in [-0.2, -0.15) is 0 Å². The lowest BCUT2D eigenvalue weighted by molar-refractivity contribution is -0.384. The number of nitro groups is 1. The summed E-state index contributed by atoms with van der Waals surface area (Å²) in [5.41, 5.74) is -1.31. The van der Waals surface area contributed by atoms with Crippen molar-refractivity contribution in [1.82, 2.24) is 18.7 Å². The van der Waals surface area contributed by atoms with Crippen molar-refractivity contribution < 1.29 is 24.0 Å². The van der Waals surface area contributed by atoms with Crippen molar-refractivity contribution in [2.75, 3.05) is 19.0 Å². The first kappa shape index (κ1) is 22.2. The van der Waals surface area contributed by atoms with Crippen molar-refractivity contribution in [3.8, 4) is 5.75 Å². The van der Waals surface area contributed by atoms with E-state index in [-0.39, 0.29) is 28.3 Å². The van der Waals surface area contributed by atoms with Gasteiger partial charge in [-0.15, -0.1) is 0 Å². The Labute approximate surface area is 178 Å². The molecule has 3 aromatic rings. The molecule has 0 bridgehead atoms. The molecule has 3 rings (SSSR count). The molecule has 168 valence electrons. The highest BCUT2D eigenvalue weighted by Gasteiger charge is 2.18. The maximum absolute atomic E-state index is 12.4. The molecule has 0 aliphatic heterocycles. The largest absolute Gasteiger partial charge is 0.495 e. The van der Waals surface area contributed by atoms with Gasteiger partial charge in [0.25, 0.3) is 17.2 Å². The van der Waals surface area contributed by atoms with Crippen molar-refractivity contribution >= 4 is 34.4 Å². The molecular weight excluding hydrogens is 428 g/mol. The molecule has 2 heterocycles. The summed E-state index contributed by atoms with van der Waals surface area (Å²) in [6, 6.07) is 3.64. The fourth-order valence-corrected chi connectivity index (χ4v) is 2.94. The molecule has 0 aliphatic carbocycles. The van der Waals surface area contributed by atoms with Crippen molar-refractivity contribution in [2.24, 2.45) is 14.1 Å². The zero-order valence-corrected chi connectivity index (χ0v) is 17.2. The number of anilines is 1. The number of ether oxygens (including phenoxy) is 2. The quantitative estimate of drug-likeness (QED) is 0.286. The standard InChI is InChI=1S/C18H18N6O8/c1-21-16-15(17(27)22(2)18(21)28)23(9-19-16)7-14(26)32-8-13(25)20-11-6-10(24(29)30)4-5-12(11)31-3/h4-6,9H,7-8H2,1-3H3,(H,20,25). The van der Waals surface area contributed by atoms with Crippen LogP contribution in [0.15, 0.2) is 34.1 Å². The summed E-state index contributed by atoms with van der Waals surface area (Å²) < 4.78 is 13.2. The number of rotatable bonds is 7. The second kappa shape index (κ2) is 8.71. The van der Waals surface area contributed by atoms with Gasteiger partial charge in [-0.3, -0.25) is 33.6 Å². The van der Waals surface area contributed by atoms with Crippen LogP contribution in [-0.4, -0.2) is 49.2 Å². The van der Waals surface area contributed by atoms with E-state index in [2.05, 4.69) is 10.3 Å². The Balaban J connectivity index is 1.69. The van der Waals surface area contributed by atoms with Crippen molar-refractivity contribution in [1.29, 1.82) is 0 Å². The van der Waals surface area contributed by atoms with E-state index in [0.29, 0.717) is 0 Å². The summed E-state index contributed by atoms with van der Waals surface area (Å²) >= 11 is 0. The van der Waals surface area contributed by atoms with Gasteiger partial charge >= 0.3 is 11.7 Å². The lowest BCUT2D eigenvalue weighted by atomic mass is 10.2. The van der Waals surface area contributed by atoms with Crippen LogP contribution >= 0.6 is 0 Å². The minimum Gasteiger partial charge on any atom is -0.495 e. The van der Waals surface area contributed by atoms with Gasteiger partial charge in [-0.25, -0.2) is 9.78 Å². The van der Waals surface area contributed by atoms with E-state index >= 15 is 0 Å². The first-order valence-electron chi connectivity index (χ1n) is 9.02. The van der Waals surface area contributed by atoms with E-state index in [1.807, 2.05) is 0 Å². The number of nitrogens with zero attached hydrogens (tertiary/aromatic N) is 5. The van der Waals surface area contributed by atoms with E-state index in [4.69, 9.17) is 9.47 Å². The maximum atomic E-state index is 12.4. The minimum absolute atomic E-state index is 0.0253. The van der Waals surface area contributed by atoms with Gasteiger partial charge in [0.2, 0.25) is 0 Å². The fraction of sp³-hybridized carbons (Fsp3) is 0.278. The van der Waals surface area contributed by atoms with Gasteiger partial charge in [0, 0.05) is 26.2 Å². The second-order valence-corrected chi connectivity index (χ2v) is 6.60. The van der Waals surface area contributed by atoms with Crippen molar-refractivity contribution in [3.05, 3.63) is 55.5 Å². The summed E-state index contributed by atoms with van der Waals surface area (Å²) in [6.07, 6.45) is 1.21. The molecule has 14 heteroatoms. The summed E-state index contributed by atoms with van der Waals surface area (Å²) in [4.78, 5) is 62.9. The van der Waals surface area contributed by atoms with Crippen LogP contribution in [0, 0.1) is 10.1 Å². The highest BCUT2D eigenvalue weighted by molar-refractivity contribution is 5.94.